The summed E-state index contributed by atoms with van der Waals surface area (Å²) < 4.78 is 0. The topological polar surface area (TPSA) is 96.2 Å². The first-order chi connectivity index (χ1) is 8.20. The van der Waals surface area contributed by atoms with Crippen molar-refractivity contribution >= 4 is 23.7 Å². The van der Waals surface area contributed by atoms with Crippen molar-refractivity contribution in [1.29, 1.82) is 0 Å². The van der Waals surface area contributed by atoms with Crippen LogP contribution in [-0.4, -0.2) is 35.0 Å². The molecule has 2 rings (SSSR count). The summed E-state index contributed by atoms with van der Waals surface area (Å²) in [5.41, 5.74) is 2.13. The van der Waals surface area contributed by atoms with Crippen LogP contribution in [0.25, 0.3) is 0 Å². The van der Waals surface area contributed by atoms with Crippen molar-refractivity contribution in [1.82, 2.24) is 16.1 Å². The molecular formula is C10H18N4O2S. The largest absolute Gasteiger partial charge is 0.332 e. The van der Waals surface area contributed by atoms with Crippen LogP contribution in [0, 0.1) is 0 Å². The summed E-state index contributed by atoms with van der Waals surface area (Å²) in [5.74, 6) is 5.87. The third-order valence-electron chi connectivity index (χ3n) is 3.24. The van der Waals surface area contributed by atoms with Gasteiger partial charge in [0.2, 0.25) is 5.91 Å². The van der Waals surface area contributed by atoms with E-state index in [1.54, 1.807) is 0 Å². The molecule has 2 aliphatic heterocycles. The number of unbranched alkanes of at least 4 members (excludes halogenated alkanes) is 1. The van der Waals surface area contributed by atoms with Crippen LogP contribution >= 0.6 is 11.8 Å². The van der Waals surface area contributed by atoms with Gasteiger partial charge in [0, 0.05) is 17.4 Å². The minimum Gasteiger partial charge on any atom is -0.332 e. The number of rotatable bonds is 5. The Bertz CT molecular complexity index is 313. The second-order valence-corrected chi connectivity index (χ2v) is 5.71. The first-order valence-electron chi connectivity index (χ1n) is 5.89. The van der Waals surface area contributed by atoms with E-state index in [4.69, 9.17) is 5.84 Å². The molecule has 2 aliphatic rings. The molecule has 0 saturated carbocycles. The summed E-state index contributed by atoms with van der Waals surface area (Å²) in [6, 6.07) is 0.494. The van der Waals surface area contributed by atoms with Crippen molar-refractivity contribution in [3.63, 3.8) is 0 Å². The van der Waals surface area contributed by atoms with Gasteiger partial charge in [-0.15, -0.1) is 0 Å². The highest BCUT2D eigenvalue weighted by Crippen LogP contribution is 2.33. The molecule has 0 radical (unpaired) electrons. The molecule has 0 aromatic rings. The van der Waals surface area contributed by atoms with E-state index >= 15 is 0 Å². The molecule has 0 bridgehead atoms. The number of hydrazine groups is 1. The Hall–Kier alpha value is -0.950. The zero-order valence-corrected chi connectivity index (χ0v) is 10.4. The fraction of sp³-hybridized carbons (Fsp3) is 0.800. The minimum absolute atomic E-state index is 0.0483. The second-order valence-electron chi connectivity index (χ2n) is 4.44. The highest BCUT2D eigenvalue weighted by Gasteiger charge is 2.42. The maximum Gasteiger partial charge on any atom is 0.315 e. The van der Waals surface area contributed by atoms with Crippen LogP contribution in [-0.2, 0) is 4.79 Å². The zero-order valence-electron chi connectivity index (χ0n) is 9.57. The number of amides is 3. The maximum absolute atomic E-state index is 11.2. The van der Waals surface area contributed by atoms with Gasteiger partial charge in [-0.3, -0.25) is 10.2 Å². The van der Waals surface area contributed by atoms with Gasteiger partial charge in [-0.1, -0.05) is 6.42 Å². The predicted molar refractivity (Wildman–Crippen MR) is 66.3 cm³/mol. The number of hydrogen-bond donors (Lipinski definition) is 4. The SMILES string of the molecule is NNC(=O)CCCCC1SC[C@H]2NC(=O)N[C@@H]12. The maximum atomic E-state index is 11.2. The van der Waals surface area contributed by atoms with Gasteiger partial charge in [0.15, 0.2) is 0 Å². The fourth-order valence-corrected chi connectivity index (χ4v) is 3.89. The van der Waals surface area contributed by atoms with E-state index in [1.807, 2.05) is 11.8 Å². The van der Waals surface area contributed by atoms with Crippen LogP contribution in [0.3, 0.4) is 0 Å². The van der Waals surface area contributed by atoms with Crippen molar-refractivity contribution in [2.24, 2.45) is 5.84 Å². The molecule has 0 aromatic heterocycles. The van der Waals surface area contributed by atoms with Gasteiger partial charge in [0.1, 0.15) is 0 Å². The van der Waals surface area contributed by atoms with Crippen LogP contribution < -0.4 is 21.9 Å². The van der Waals surface area contributed by atoms with E-state index in [0.717, 1.165) is 25.0 Å². The number of carbonyl (C=O) groups excluding carboxylic acids is 2. The Labute approximate surface area is 104 Å². The van der Waals surface area contributed by atoms with Crippen molar-refractivity contribution in [3.8, 4) is 0 Å². The molecular weight excluding hydrogens is 240 g/mol. The summed E-state index contributed by atoms with van der Waals surface area (Å²) in [7, 11) is 0. The van der Waals surface area contributed by atoms with E-state index in [1.165, 1.54) is 0 Å². The molecule has 3 atom stereocenters. The van der Waals surface area contributed by atoms with Crippen molar-refractivity contribution in [2.45, 2.75) is 43.0 Å². The third kappa shape index (κ3) is 3.04. The highest BCUT2D eigenvalue weighted by molar-refractivity contribution is 8.00. The molecule has 2 fully saturated rings. The number of thioether (sulfide) groups is 1. The normalized spacial score (nSPS) is 30.6. The number of fused-ring (bicyclic) bond motifs is 1. The molecule has 7 heteroatoms. The van der Waals surface area contributed by atoms with E-state index in [9.17, 15) is 9.59 Å². The quantitative estimate of drug-likeness (QED) is 0.179. The number of urea groups is 1. The first kappa shape index (κ1) is 12.5. The smallest absolute Gasteiger partial charge is 0.315 e. The molecule has 96 valence electrons. The Morgan fingerprint density at radius 3 is 3.06 bits per heavy atom. The second kappa shape index (κ2) is 5.59. The lowest BCUT2D eigenvalue weighted by Gasteiger charge is -2.16. The minimum atomic E-state index is -0.113. The molecule has 2 saturated heterocycles. The summed E-state index contributed by atoms with van der Waals surface area (Å²) in [5, 5.41) is 6.34. The lowest BCUT2D eigenvalue weighted by atomic mass is 10.0. The molecule has 3 amide bonds. The Balaban J connectivity index is 1.66. The van der Waals surface area contributed by atoms with Gasteiger partial charge in [-0.2, -0.15) is 11.8 Å². The summed E-state index contributed by atoms with van der Waals surface area (Å²) in [4.78, 5) is 22.1. The van der Waals surface area contributed by atoms with Gasteiger partial charge >= 0.3 is 6.03 Å². The number of nitrogens with two attached hydrogens (primary N) is 1. The molecule has 0 aromatic carbocycles. The highest BCUT2D eigenvalue weighted by atomic mass is 32.2. The van der Waals surface area contributed by atoms with Gasteiger partial charge in [-0.05, 0) is 12.8 Å². The van der Waals surface area contributed by atoms with Crippen LogP contribution in [0.4, 0.5) is 4.79 Å². The van der Waals surface area contributed by atoms with E-state index in [0.29, 0.717) is 11.7 Å². The summed E-state index contributed by atoms with van der Waals surface area (Å²) in [6.07, 6.45) is 3.35. The Kier molecular flexibility index (Phi) is 4.11. The van der Waals surface area contributed by atoms with Gasteiger partial charge in [0.25, 0.3) is 0 Å². The predicted octanol–water partition coefficient (Wildman–Crippen LogP) is -0.298. The number of hydrogen-bond acceptors (Lipinski definition) is 4. The van der Waals surface area contributed by atoms with Crippen LogP contribution in [0.2, 0.25) is 0 Å². The van der Waals surface area contributed by atoms with Gasteiger partial charge < -0.3 is 10.6 Å². The monoisotopic (exact) mass is 258 g/mol. The van der Waals surface area contributed by atoms with Crippen molar-refractivity contribution < 1.29 is 9.59 Å². The lowest BCUT2D eigenvalue weighted by molar-refractivity contribution is -0.121. The van der Waals surface area contributed by atoms with E-state index < -0.39 is 0 Å². The summed E-state index contributed by atoms with van der Waals surface area (Å²) >= 11 is 1.90. The average molecular weight is 258 g/mol. The van der Waals surface area contributed by atoms with E-state index in [-0.39, 0.29) is 24.0 Å². The van der Waals surface area contributed by atoms with Gasteiger partial charge in [0.05, 0.1) is 12.1 Å². The molecule has 0 aliphatic carbocycles. The van der Waals surface area contributed by atoms with Crippen LogP contribution in [0.1, 0.15) is 25.7 Å². The summed E-state index contributed by atoms with van der Waals surface area (Å²) in [6.45, 7) is 0. The van der Waals surface area contributed by atoms with Gasteiger partial charge in [-0.25, -0.2) is 10.6 Å². The van der Waals surface area contributed by atoms with Crippen LogP contribution in [0.5, 0.6) is 0 Å². The zero-order chi connectivity index (χ0) is 12.3. The molecule has 5 N–H and O–H groups in total. The molecule has 6 nitrogen and oxygen atoms in total. The Morgan fingerprint density at radius 2 is 2.29 bits per heavy atom. The number of carbonyl (C=O) groups is 2. The standard InChI is InChI=1S/C10H18N4O2S/c11-14-8(15)4-2-1-3-7-9-6(5-17-7)12-10(16)13-9/h6-7,9H,1-5,11H2,(H,14,15)(H2,12,13,16)/t6-,7?,9-/m1/s1. The average Bonchev–Trinajstić information content (AvgIpc) is 2.84. The fourth-order valence-electron chi connectivity index (χ4n) is 2.35. The molecule has 0 spiro atoms. The van der Waals surface area contributed by atoms with E-state index in [2.05, 4.69) is 16.1 Å². The molecule has 1 unspecified atom stereocenters. The van der Waals surface area contributed by atoms with Crippen molar-refractivity contribution in [2.75, 3.05) is 5.75 Å². The van der Waals surface area contributed by atoms with Crippen LogP contribution in [0.15, 0.2) is 0 Å². The van der Waals surface area contributed by atoms with Crippen molar-refractivity contribution in [3.05, 3.63) is 0 Å². The first-order valence-corrected chi connectivity index (χ1v) is 6.93. The lowest BCUT2D eigenvalue weighted by Crippen LogP contribution is -2.36. The molecule has 17 heavy (non-hydrogen) atoms. The number of nitrogens with one attached hydrogen (secondary N) is 3. The Morgan fingerprint density at radius 1 is 1.47 bits per heavy atom. The third-order valence-corrected chi connectivity index (χ3v) is 4.75. The molecule has 2 heterocycles.